The van der Waals surface area contributed by atoms with Crippen LogP contribution in [0.4, 0.5) is 5.69 Å². The highest BCUT2D eigenvalue weighted by molar-refractivity contribution is 8.00. The van der Waals surface area contributed by atoms with Gasteiger partial charge in [0.05, 0.1) is 16.3 Å². The number of nitrogens with zero attached hydrogens (tertiary/aromatic N) is 1. The van der Waals surface area contributed by atoms with E-state index in [-0.39, 0.29) is 17.1 Å². The first-order chi connectivity index (χ1) is 14.6. The zero-order chi connectivity index (χ0) is 21.1. The summed E-state index contributed by atoms with van der Waals surface area (Å²) in [5.41, 5.74) is 2.65. The number of benzene rings is 3. The van der Waals surface area contributed by atoms with Gasteiger partial charge in [0, 0.05) is 27.8 Å². The molecule has 0 fully saturated rings. The molecule has 0 radical (unpaired) electrons. The molecule has 30 heavy (non-hydrogen) atoms. The SMILES string of the molecule is CCCC(=O)Nc1ccc(SC(C)C(=O)n2c3ccccc3c3ccccc32)cc1. The second-order valence-corrected chi connectivity index (χ2v) is 8.70. The maximum absolute atomic E-state index is 13.4. The summed E-state index contributed by atoms with van der Waals surface area (Å²) in [5, 5.41) is 4.81. The third-order valence-corrected chi connectivity index (χ3v) is 6.18. The van der Waals surface area contributed by atoms with E-state index >= 15 is 0 Å². The monoisotopic (exact) mass is 416 g/mol. The molecule has 4 nitrogen and oxygen atoms in total. The molecule has 0 aliphatic rings. The third kappa shape index (κ3) is 3.98. The molecule has 3 aromatic carbocycles. The minimum absolute atomic E-state index is 0.0211. The molecule has 0 aliphatic heterocycles. The summed E-state index contributed by atoms with van der Waals surface area (Å²) in [7, 11) is 0. The first-order valence-corrected chi connectivity index (χ1v) is 11.1. The van der Waals surface area contributed by atoms with Crippen LogP contribution in [0.15, 0.2) is 77.7 Å². The number of rotatable bonds is 6. The Kier molecular flexibility index (Phi) is 5.91. The second-order valence-electron chi connectivity index (χ2n) is 7.29. The van der Waals surface area contributed by atoms with E-state index in [4.69, 9.17) is 0 Å². The Bertz CT molecular complexity index is 1160. The number of nitrogens with one attached hydrogen (secondary N) is 1. The van der Waals surface area contributed by atoms with Crippen LogP contribution in [0.5, 0.6) is 0 Å². The van der Waals surface area contributed by atoms with Crippen LogP contribution in [0.25, 0.3) is 21.8 Å². The fourth-order valence-corrected chi connectivity index (χ4v) is 4.57. The van der Waals surface area contributed by atoms with Crippen LogP contribution in [-0.2, 0) is 4.79 Å². The van der Waals surface area contributed by atoms with E-state index in [2.05, 4.69) is 17.4 Å². The summed E-state index contributed by atoms with van der Waals surface area (Å²) in [6.45, 7) is 3.92. The lowest BCUT2D eigenvalue weighted by molar-refractivity contribution is -0.116. The van der Waals surface area contributed by atoms with Crippen molar-refractivity contribution in [1.29, 1.82) is 0 Å². The van der Waals surface area contributed by atoms with Crippen LogP contribution >= 0.6 is 11.8 Å². The highest BCUT2D eigenvalue weighted by Gasteiger charge is 2.21. The number of carbonyl (C=O) groups excluding carboxylic acids is 2. The third-order valence-electron chi connectivity index (χ3n) is 5.08. The predicted molar refractivity (Wildman–Crippen MR) is 125 cm³/mol. The van der Waals surface area contributed by atoms with Crippen molar-refractivity contribution < 1.29 is 9.59 Å². The van der Waals surface area contributed by atoms with E-state index in [0.717, 1.165) is 38.8 Å². The topological polar surface area (TPSA) is 51.1 Å². The molecule has 4 aromatic rings. The Morgan fingerprint density at radius 3 is 2.03 bits per heavy atom. The number of para-hydroxylation sites is 2. The first-order valence-electron chi connectivity index (χ1n) is 10.2. The van der Waals surface area contributed by atoms with Gasteiger partial charge in [0.15, 0.2) is 0 Å². The standard InChI is InChI=1S/C25H24N2O2S/c1-3-8-24(28)26-18-13-15-19(16-14-18)30-17(2)25(29)27-22-11-6-4-9-20(22)21-10-5-7-12-23(21)27/h4-7,9-17H,3,8H2,1-2H3,(H,26,28). The summed E-state index contributed by atoms with van der Waals surface area (Å²) in [5.74, 6) is 0.0746. The average molecular weight is 417 g/mol. The Hall–Kier alpha value is -3.05. The van der Waals surface area contributed by atoms with Crippen LogP contribution in [0, 0.1) is 0 Å². The van der Waals surface area contributed by atoms with E-state index in [0.29, 0.717) is 6.42 Å². The smallest absolute Gasteiger partial charge is 0.244 e. The van der Waals surface area contributed by atoms with E-state index < -0.39 is 0 Å². The minimum atomic E-state index is -0.259. The molecule has 1 unspecified atom stereocenters. The summed E-state index contributed by atoms with van der Waals surface area (Å²) in [4.78, 5) is 26.1. The highest BCUT2D eigenvalue weighted by Crippen LogP contribution is 2.32. The number of thioether (sulfide) groups is 1. The van der Waals surface area contributed by atoms with Crippen molar-refractivity contribution in [3.63, 3.8) is 0 Å². The molecule has 0 saturated heterocycles. The molecule has 1 N–H and O–H groups in total. The lowest BCUT2D eigenvalue weighted by atomic mass is 10.2. The lowest BCUT2D eigenvalue weighted by Gasteiger charge is -2.13. The maximum Gasteiger partial charge on any atom is 0.244 e. The van der Waals surface area contributed by atoms with Gasteiger partial charge < -0.3 is 5.32 Å². The van der Waals surface area contributed by atoms with Gasteiger partial charge in [-0.25, -0.2) is 0 Å². The van der Waals surface area contributed by atoms with Crippen molar-refractivity contribution in [2.75, 3.05) is 5.32 Å². The molecule has 0 bridgehead atoms. The van der Waals surface area contributed by atoms with Gasteiger partial charge in [0.25, 0.3) is 0 Å². The summed E-state index contributed by atoms with van der Waals surface area (Å²) >= 11 is 1.52. The molecule has 0 spiro atoms. The summed E-state index contributed by atoms with van der Waals surface area (Å²) < 4.78 is 1.83. The Labute approximate surface area is 180 Å². The molecule has 1 atom stereocenters. The van der Waals surface area contributed by atoms with Gasteiger partial charge in [-0.05, 0) is 49.7 Å². The quantitative estimate of drug-likeness (QED) is 0.372. The van der Waals surface area contributed by atoms with Gasteiger partial charge in [-0.3, -0.25) is 14.2 Å². The van der Waals surface area contributed by atoms with Crippen molar-refractivity contribution in [2.24, 2.45) is 0 Å². The van der Waals surface area contributed by atoms with E-state index in [1.165, 1.54) is 11.8 Å². The van der Waals surface area contributed by atoms with Crippen molar-refractivity contribution in [2.45, 2.75) is 36.8 Å². The van der Waals surface area contributed by atoms with Gasteiger partial charge in [-0.15, -0.1) is 11.8 Å². The Morgan fingerprint density at radius 2 is 1.47 bits per heavy atom. The normalized spacial score (nSPS) is 12.2. The van der Waals surface area contributed by atoms with Crippen LogP contribution in [0.2, 0.25) is 0 Å². The molecule has 1 amide bonds. The van der Waals surface area contributed by atoms with Crippen molar-refractivity contribution in [3.8, 4) is 0 Å². The van der Waals surface area contributed by atoms with Gasteiger partial charge in [0.2, 0.25) is 11.8 Å². The lowest BCUT2D eigenvalue weighted by Crippen LogP contribution is -2.21. The number of hydrogen-bond acceptors (Lipinski definition) is 3. The zero-order valence-electron chi connectivity index (χ0n) is 17.1. The molecule has 1 heterocycles. The summed E-state index contributed by atoms with van der Waals surface area (Å²) in [6, 6.07) is 23.7. The number of anilines is 1. The van der Waals surface area contributed by atoms with Crippen molar-refractivity contribution >= 4 is 51.1 Å². The zero-order valence-corrected chi connectivity index (χ0v) is 17.9. The predicted octanol–water partition coefficient (Wildman–Crippen LogP) is 6.35. The summed E-state index contributed by atoms with van der Waals surface area (Å²) in [6.07, 6.45) is 1.34. The van der Waals surface area contributed by atoms with Gasteiger partial charge >= 0.3 is 0 Å². The molecular weight excluding hydrogens is 392 g/mol. The van der Waals surface area contributed by atoms with Crippen LogP contribution in [0.1, 0.15) is 31.5 Å². The number of hydrogen-bond donors (Lipinski definition) is 1. The molecule has 4 rings (SSSR count). The molecule has 1 aromatic heterocycles. The van der Waals surface area contributed by atoms with Gasteiger partial charge in [-0.1, -0.05) is 43.3 Å². The number of fused-ring (bicyclic) bond motifs is 3. The highest BCUT2D eigenvalue weighted by atomic mass is 32.2. The van der Waals surface area contributed by atoms with Crippen molar-refractivity contribution in [1.82, 2.24) is 4.57 Å². The minimum Gasteiger partial charge on any atom is -0.326 e. The largest absolute Gasteiger partial charge is 0.326 e. The van der Waals surface area contributed by atoms with Crippen LogP contribution in [0.3, 0.4) is 0 Å². The Balaban J connectivity index is 1.56. The number of aromatic nitrogens is 1. The maximum atomic E-state index is 13.4. The van der Waals surface area contributed by atoms with Gasteiger partial charge in [-0.2, -0.15) is 0 Å². The number of carbonyl (C=O) groups is 2. The molecular formula is C25H24N2O2S. The van der Waals surface area contributed by atoms with E-state index in [9.17, 15) is 9.59 Å². The van der Waals surface area contributed by atoms with E-state index in [1.807, 2.05) is 79.1 Å². The fraction of sp³-hybridized carbons (Fsp3) is 0.200. The second kappa shape index (κ2) is 8.76. The van der Waals surface area contributed by atoms with E-state index in [1.54, 1.807) is 0 Å². The van der Waals surface area contributed by atoms with Crippen LogP contribution in [-0.4, -0.2) is 21.6 Å². The number of amides is 1. The van der Waals surface area contributed by atoms with Crippen LogP contribution < -0.4 is 5.32 Å². The molecule has 5 heteroatoms. The average Bonchev–Trinajstić information content (AvgIpc) is 3.09. The van der Waals surface area contributed by atoms with Crippen molar-refractivity contribution in [3.05, 3.63) is 72.8 Å². The Morgan fingerprint density at radius 1 is 0.900 bits per heavy atom. The first kappa shape index (κ1) is 20.2. The molecule has 0 saturated carbocycles. The molecule has 152 valence electrons. The fourth-order valence-electron chi connectivity index (χ4n) is 3.66. The molecule has 0 aliphatic carbocycles. The van der Waals surface area contributed by atoms with Gasteiger partial charge in [0.1, 0.15) is 0 Å².